The van der Waals surface area contributed by atoms with Crippen molar-refractivity contribution in [2.24, 2.45) is 0 Å². The second-order valence-electron chi connectivity index (χ2n) is 6.31. The lowest BCUT2D eigenvalue weighted by Gasteiger charge is -2.20. The highest BCUT2D eigenvalue weighted by molar-refractivity contribution is 6.33. The van der Waals surface area contributed by atoms with Crippen LogP contribution in [0.1, 0.15) is 36.8 Å². The molecule has 0 atom stereocenters. The Morgan fingerprint density at radius 3 is 2.40 bits per heavy atom. The molecule has 2 aromatic rings. The van der Waals surface area contributed by atoms with Crippen LogP contribution in [0.2, 0.25) is 5.02 Å². The van der Waals surface area contributed by atoms with Crippen molar-refractivity contribution < 1.29 is 18.0 Å². The number of benzene rings is 1. The minimum absolute atomic E-state index is 0.0253. The van der Waals surface area contributed by atoms with Crippen molar-refractivity contribution in [3.8, 4) is 0 Å². The van der Waals surface area contributed by atoms with Gasteiger partial charge >= 0.3 is 6.18 Å². The van der Waals surface area contributed by atoms with Crippen LogP contribution in [-0.2, 0) is 6.18 Å². The summed E-state index contributed by atoms with van der Waals surface area (Å²) < 4.78 is 38.4. The smallest absolute Gasteiger partial charge is 0.346 e. The van der Waals surface area contributed by atoms with E-state index in [-0.39, 0.29) is 22.2 Å². The highest BCUT2D eigenvalue weighted by atomic mass is 35.5. The van der Waals surface area contributed by atoms with Crippen molar-refractivity contribution in [2.75, 3.05) is 5.32 Å². The molecule has 0 saturated carbocycles. The van der Waals surface area contributed by atoms with Gasteiger partial charge in [0.05, 0.1) is 16.3 Å². The number of halogens is 4. The third kappa shape index (κ3) is 5.32. The molecule has 0 unspecified atom stereocenters. The average molecular weight is 373 g/mol. The van der Waals surface area contributed by atoms with Gasteiger partial charge < -0.3 is 10.6 Å². The van der Waals surface area contributed by atoms with E-state index in [4.69, 9.17) is 11.6 Å². The summed E-state index contributed by atoms with van der Waals surface area (Å²) in [7, 11) is 0. The Labute approximate surface area is 147 Å². The Kier molecular flexibility index (Phi) is 5.22. The summed E-state index contributed by atoms with van der Waals surface area (Å²) in [6, 6.07) is 4.23. The lowest BCUT2D eigenvalue weighted by atomic mass is 10.1. The Balaban J connectivity index is 2.27. The highest BCUT2D eigenvalue weighted by Crippen LogP contribution is 2.34. The van der Waals surface area contributed by atoms with E-state index in [1.807, 2.05) is 20.8 Å². The van der Waals surface area contributed by atoms with Gasteiger partial charge in [-0.2, -0.15) is 13.2 Å². The van der Waals surface area contributed by atoms with E-state index in [2.05, 4.69) is 20.6 Å². The first-order valence-corrected chi connectivity index (χ1v) is 7.62. The zero-order valence-corrected chi connectivity index (χ0v) is 14.5. The molecule has 9 heteroatoms. The molecule has 0 bridgehead atoms. The minimum atomic E-state index is -4.50. The van der Waals surface area contributed by atoms with Gasteiger partial charge in [0.1, 0.15) is 17.8 Å². The number of nitrogens with zero attached hydrogens (tertiary/aromatic N) is 2. The SMILES string of the molecule is CC(C)(C)NC(=O)c1cc(Nc2cc(C(F)(F)F)ccc2Cl)ncn1. The van der Waals surface area contributed by atoms with E-state index in [1.54, 1.807) is 0 Å². The van der Waals surface area contributed by atoms with Crippen molar-refractivity contribution >= 4 is 29.0 Å². The summed E-state index contributed by atoms with van der Waals surface area (Å²) in [5, 5.41) is 5.50. The standard InChI is InChI=1S/C16H16ClF3N4O/c1-15(2,3)24-14(25)12-7-13(22-8-21-12)23-11-6-9(16(18,19)20)4-5-10(11)17/h4-8H,1-3H3,(H,24,25)(H,21,22,23). The van der Waals surface area contributed by atoms with E-state index < -0.39 is 23.2 Å². The number of carbonyl (C=O) groups is 1. The molecule has 0 fully saturated rings. The fourth-order valence-electron chi connectivity index (χ4n) is 1.89. The number of alkyl halides is 3. The van der Waals surface area contributed by atoms with Crippen LogP contribution in [0.5, 0.6) is 0 Å². The minimum Gasteiger partial charge on any atom is -0.346 e. The topological polar surface area (TPSA) is 66.9 Å². The molecular weight excluding hydrogens is 357 g/mol. The molecule has 0 aliphatic heterocycles. The van der Waals surface area contributed by atoms with Gasteiger partial charge in [-0.3, -0.25) is 4.79 Å². The van der Waals surface area contributed by atoms with Gasteiger partial charge in [0, 0.05) is 11.6 Å². The molecule has 0 aliphatic rings. The Hall–Kier alpha value is -2.35. The molecule has 1 aromatic heterocycles. The summed E-state index contributed by atoms with van der Waals surface area (Å²) in [6.45, 7) is 5.44. The number of amides is 1. The Morgan fingerprint density at radius 2 is 1.80 bits per heavy atom. The highest BCUT2D eigenvalue weighted by Gasteiger charge is 2.31. The van der Waals surface area contributed by atoms with Gasteiger partial charge in [0.25, 0.3) is 5.91 Å². The summed E-state index contributed by atoms with van der Waals surface area (Å²) in [4.78, 5) is 19.9. The van der Waals surface area contributed by atoms with Crippen LogP contribution >= 0.6 is 11.6 Å². The molecule has 0 saturated heterocycles. The maximum Gasteiger partial charge on any atom is 0.416 e. The van der Waals surface area contributed by atoms with Crippen molar-refractivity contribution in [2.45, 2.75) is 32.5 Å². The number of carbonyl (C=O) groups excluding carboxylic acids is 1. The van der Waals surface area contributed by atoms with Crippen LogP contribution in [0.15, 0.2) is 30.6 Å². The van der Waals surface area contributed by atoms with E-state index in [9.17, 15) is 18.0 Å². The van der Waals surface area contributed by atoms with Crippen molar-refractivity contribution in [3.63, 3.8) is 0 Å². The zero-order valence-electron chi connectivity index (χ0n) is 13.7. The number of nitrogens with one attached hydrogen (secondary N) is 2. The molecular formula is C16H16ClF3N4O. The maximum atomic E-state index is 12.8. The Bertz CT molecular complexity index is 788. The van der Waals surface area contributed by atoms with Gasteiger partial charge in [-0.25, -0.2) is 9.97 Å². The molecule has 134 valence electrons. The molecule has 2 rings (SSSR count). The van der Waals surface area contributed by atoms with Crippen LogP contribution in [0.3, 0.4) is 0 Å². The number of rotatable bonds is 3. The van der Waals surface area contributed by atoms with Crippen LogP contribution in [0.25, 0.3) is 0 Å². The van der Waals surface area contributed by atoms with Crippen LogP contribution in [0, 0.1) is 0 Å². The van der Waals surface area contributed by atoms with Crippen molar-refractivity contribution in [1.82, 2.24) is 15.3 Å². The molecule has 1 heterocycles. The Morgan fingerprint density at radius 1 is 1.12 bits per heavy atom. The molecule has 0 radical (unpaired) electrons. The third-order valence-corrected chi connectivity index (χ3v) is 3.27. The number of hydrogen-bond donors (Lipinski definition) is 2. The third-order valence-electron chi connectivity index (χ3n) is 2.94. The number of hydrogen-bond acceptors (Lipinski definition) is 4. The lowest BCUT2D eigenvalue weighted by Crippen LogP contribution is -2.40. The van der Waals surface area contributed by atoms with Crippen LogP contribution in [-0.4, -0.2) is 21.4 Å². The molecule has 1 amide bonds. The maximum absolute atomic E-state index is 12.8. The molecule has 2 N–H and O–H groups in total. The van der Waals surface area contributed by atoms with E-state index in [0.717, 1.165) is 24.5 Å². The fourth-order valence-corrected chi connectivity index (χ4v) is 2.05. The fraction of sp³-hybridized carbons (Fsp3) is 0.312. The van der Waals surface area contributed by atoms with Gasteiger partial charge in [0.2, 0.25) is 0 Å². The van der Waals surface area contributed by atoms with Crippen LogP contribution < -0.4 is 10.6 Å². The second kappa shape index (κ2) is 6.87. The monoisotopic (exact) mass is 372 g/mol. The lowest BCUT2D eigenvalue weighted by molar-refractivity contribution is -0.137. The molecule has 25 heavy (non-hydrogen) atoms. The predicted molar refractivity (Wildman–Crippen MR) is 89.0 cm³/mol. The zero-order chi connectivity index (χ0) is 18.8. The van der Waals surface area contributed by atoms with Crippen molar-refractivity contribution in [1.29, 1.82) is 0 Å². The van der Waals surface area contributed by atoms with E-state index in [1.165, 1.54) is 6.07 Å². The number of aromatic nitrogens is 2. The summed E-state index contributed by atoms with van der Waals surface area (Å²) in [6.07, 6.45) is -3.36. The molecule has 1 aromatic carbocycles. The molecule has 0 aliphatic carbocycles. The summed E-state index contributed by atoms with van der Waals surface area (Å²) in [5.41, 5.74) is -1.20. The van der Waals surface area contributed by atoms with E-state index >= 15 is 0 Å². The van der Waals surface area contributed by atoms with Crippen molar-refractivity contribution in [3.05, 3.63) is 46.9 Å². The van der Waals surface area contributed by atoms with Crippen LogP contribution in [0.4, 0.5) is 24.7 Å². The first-order valence-electron chi connectivity index (χ1n) is 7.24. The summed E-state index contributed by atoms with van der Waals surface area (Å²) in [5.74, 6) is -0.275. The molecule has 5 nitrogen and oxygen atoms in total. The average Bonchev–Trinajstić information content (AvgIpc) is 2.47. The normalized spacial score (nSPS) is 12.0. The first kappa shape index (κ1) is 19.0. The predicted octanol–water partition coefficient (Wildman–Crippen LogP) is 4.42. The van der Waals surface area contributed by atoms with Gasteiger partial charge in [-0.15, -0.1) is 0 Å². The first-order chi connectivity index (χ1) is 11.5. The number of anilines is 2. The van der Waals surface area contributed by atoms with Gasteiger partial charge in [0.15, 0.2) is 0 Å². The molecule has 0 spiro atoms. The van der Waals surface area contributed by atoms with Gasteiger partial charge in [-0.1, -0.05) is 11.6 Å². The van der Waals surface area contributed by atoms with E-state index in [0.29, 0.717) is 0 Å². The second-order valence-corrected chi connectivity index (χ2v) is 6.72. The largest absolute Gasteiger partial charge is 0.416 e. The van der Waals surface area contributed by atoms with Gasteiger partial charge in [-0.05, 0) is 39.0 Å². The quantitative estimate of drug-likeness (QED) is 0.837. The summed E-state index contributed by atoms with van der Waals surface area (Å²) >= 11 is 5.93.